The first-order valence-corrected chi connectivity index (χ1v) is 4.19. The van der Waals surface area contributed by atoms with Crippen molar-refractivity contribution in [1.29, 1.82) is 0 Å². The molecule has 0 fully saturated rings. The lowest BCUT2D eigenvalue weighted by Crippen LogP contribution is -2.26. The van der Waals surface area contributed by atoms with Gasteiger partial charge in [0.1, 0.15) is 0 Å². The quantitative estimate of drug-likeness (QED) is 0.530. The zero-order chi connectivity index (χ0) is 8.53. The van der Waals surface area contributed by atoms with Gasteiger partial charge in [-0.3, -0.25) is 0 Å². The van der Waals surface area contributed by atoms with Crippen LogP contribution in [0.3, 0.4) is 0 Å². The molecule has 0 saturated heterocycles. The Morgan fingerprint density at radius 2 is 2.09 bits per heavy atom. The minimum atomic E-state index is 0.220. The first-order chi connectivity index (χ1) is 5.27. The third kappa shape index (κ3) is 9.88. The largest absolute Gasteiger partial charge is 0.396 e. The van der Waals surface area contributed by atoms with Crippen LogP contribution >= 0.6 is 0 Å². The van der Waals surface area contributed by atoms with Crippen molar-refractivity contribution >= 4 is 0 Å². The molecule has 0 aromatic carbocycles. The van der Waals surface area contributed by atoms with E-state index < -0.39 is 0 Å². The molecule has 0 heterocycles. The third-order valence-corrected chi connectivity index (χ3v) is 1.25. The van der Waals surface area contributed by atoms with Gasteiger partial charge in [0.25, 0.3) is 0 Å². The molecule has 3 nitrogen and oxygen atoms in total. The summed E-state index contributed by atoms with van der Waals surface area (Å²) in [6, 6.07) is 0.524. The fourth-order valence-corrected chi connectivity index (χ4v) is 0.688. The first kappa shape index (κ1) is 10.9. The fraction of sp³-hybridized carbons (Fsp3) is 1.00. The summed E-state index contributed by atoms with van der Waals surface area (Å²) in [6.07, 6.45) is 0.738. The highest BCUT2D eigenvalue weighted by Crippen LogP contribution is 1.80. The maximum absolute atomic E-state index is 8.42. The molecule has 2 N–H and O–H groups in total. The van der Waals surface area contributed by atoms with E-state index in [9.17, 15) is 0 Å². The Kier molecular flexibility index (Phi) is 7.89. The van der Waals surface area contributed by atoms with E-state index in [1.165, 1.54) is 0 Å². The van der Waals surface area contributed by atoms with E-state index in [0.29, 0.717) is 12.6 Å². The minimum absolute atomic E-state index is 0.220. The number of nitrogens with one attached hydrogen (secondary N) is 1. The van der Waals surface area contributed by atoms with Crippen LogP contribution in [0.1, 0.15) is 20.3 Å². The highest BCUT2D eigenvalue weighted by Gasteiger charge is 1.91. The molecule has 0 spiro atoms. The average Bonchev–Trinajstić information content (AvgIpc) is 1.96. The van der Waals surface area contributed by atoms with Crippen molar-refractivity contribution < 1.29 is 9.84 Å². The van der Waals surface area contributed by atoms with Crippen LogP contribution in [-0.4, -0.2) is 37.5 Å². The van der Waals surface area contributed by atoms with Crippen molar-refractivity contribution in [3.63, 3.8) is 0 Å². The molecular formula is C8H19NO2. The SMILES string of the molecule is CC(C)NCCOCCCO. The maximum Gasteiger partial charge on any atom is 0.0591 e. The van der Waals surface area contributed by atoms with Gasteiger partial charge in [-0.2, -0.15) is 0 Å². The fourth-order valence-electron chi connectivity index (χ4n) is 0.688. The summed E-state index contributed by atoms with van der Waals surface area (Å²) in [5.74, 6) is 0. The van der Waals surface area contributed by atoms with Crippen LogP contribution in [0.4, 0.5) is 0 Å². The Hall–Kier alpha value is -0.120. The molecule has 11 heavy (non-hydrogen) atoms. The van der Waals surface area contributed by atoms with Crippen molar-refractivity contribution in [2.45, 2.75) is 26.3 Å². The molecule has 0 amide bonds. The Morgan fingerprint density at radius 3 is 2.64 bits per heavy atom. The predicted molar refractivity (Wildman–Crippen MR) is 45.7 cm³/mol. The monoisotopic (exact) mass is 161 g/mol. The normalized spacial score (nSPS) is 10.9. The van der Waals surface area contributed by atoms with E-state index in [1.807, 2.05) is 0 Å². The molecule has 0 aromatic heterocycles. The second-order valence-electron chi connectivity index (χ2n) is 2.80. The number of aliphatic hydroxyl groups is 1. The van der Waals surface area contributed by atoms with E-state index in [-0.39, 0.29) is 6.61 Å². The van der Waals surface area contributed by atoms with Crippen LogP contribution < -0.4 is 5.32 Å². The second kappa shape index (κ2) is 7.98. The van der Waals surface area contributed by atoms with Gasteiger partial charge in [0.15, 0.2) is 0 Å². The predicted octanol–water partition coefficient (Wildman–Crippen LogP) is 0.383. The number of rotatable bonds is 7. The van der Waals surface area contributed by atoms with Crippen LogP contribution in [-0.2, 0) is 4.74 Å². The number of hydrogen-bond acceptors (Lipinski definition) is 3. The number of ether oxygens (including phenoxy) is 1. The van der Waals surface area contributed by atoms with Gasteiger partial charge in [0.2, 0.25) is 0 Å². The summed E-state index contributed by atoms with van der Waals surface area (Å²) >= 11 is 0. The van der Waals surface area contributed by atoms with Crippen LogP contribution in [0.2, 0.25) is 0 Å². The standard InChI is InChI=1S/C8H19NO2/c1-8(2)9-4-7-11-6-3-5-10/h8-10H,3-7H2,1-2H3. The number of aliphatic hydroxyl groups excluding tert-OH is 1. The van der Waals surface area contributed by atoms with Gasteiger partial charge in [-0.15, -0.1) is 0 Å². The lowest BCUT2D eigenvalue weighted by molar-refractivity contribution is 0.116. The van der Waals surface area contributed by atoms with Crippen LogP contribution in [0.15, 0.2) is 0 Å². The lowest BCUT2D eigenvalue weighted by atomic mass is 10.4. The van der Waals surface area contributed by atoms with Gasteiger partial charge in [0, 0.05) is 25.8 Å². The second-order valence-corrected chi connectivity index (χ2v) is 2.80. The van der Waals surface area contributed by atoms with Gasteiger partial charge in [-0.05, 0) is 6.42 Å². The highest BCUT2D eigenvalue weighted by atomic mass is 16.5. The average molecular weight is 161 g/mol. The van der Waals surface area contributed by atoms with Gasteiger partial charge < -0.3 is 15.2 Å². The molecule has 0 saturated carbocycles. The van der Waals surface area contributed by atoms with E-state index in [1.54, 1.807) is 0 Å². The highest BCUT2D eigenvalue weighted by molar-refractivity contribution is 4.50. The summed E-state index contributed by atoms with van der Waals surface area (Å²) < 4.78 is 5.20. The van der Waals surface area contributed by atoms with E-state index in [0.717, 1.165) is 19.6 Å². The molecule has 0 radical (unpaired) electrons. The summed E-state index contributed by atoms with van der Waals surface area (Å²) in [4.78, 5) is 0. The van der Waals surface area contributed by atoms with E-state index in [2.05, 4.69) is 19.2 Å². The molecule has 68 valence electrons. The Balaban J connectivity index is 2.80. The van der Waals surface area contributed by atoms with Crippen LogP contribution in [0, 0.1) is 0 Å². The summed E-state index contributed by atoms with van der Waals surface area (Å²) in [6.45, 7) is 6.72. The molecule has 3 heteroatoms. The van der Waals surface area contributed by atoms with Gasteiger partial charge in [-0.1, -0.05) is 13.8 Å². The molecule has 0 aliphatic heterocycles. The zero-order valence-corrected chi connectivity index (χ0v) is 7.47. The molecule has 0 rings (SSSR count). The topological polar surface area (TPSA) is 41.5 Å². The van der Waals surface area contributed by atoms with Crippen molar-refractivity contribution in [2.75, 3.05) is 26.4 Å². The lowest BCUT2D eigenvalue weighted by Gasteiger charge is -2.07. The van der Waals surface area contributed by atoms with Crippen molar-refractivity contribution in [3.05, 3.63) is 0 Å². The summed E-state index contributed by atoms with van der Waals surface area (Å²) in [5.41, 5.74) is 0. The van der Waals surface area contributed by atoms with Crippen LogP contribution in [0.25, 0.3) is 0 Å². The van der Waals surface area contributed by atoms with Crippen molar-refractivity contribution in [1.82, 2.24) is 5.32 Å². The smallest absolute Gasteiger partial charge is 0.0591 e. The molecule has 0 aliphatic carbocycles. The molecule has 0 aliphatic rings. The van der Waals surface area contributed by atoms with Crippen molar-refractivity contribution in [3.8, 4) is 0 Å². The molecule has 0 unspecified atom stereocenters. The summed E-state index contributed by atoms with van der Waals surface area (Å²) in [7, 11) is 0. The van der Waals surface area contributed by atoms with E-state index >= 15 is 0 Å². The zero-order valence-electron chi connectivity index (χ0n) is 7.47. The van der Waals surface area contributed by atoms with Gasteiger partial charge in [0.05, 0.1) is 6.61 Å². The minimum Gasteiger partial charge on any atom is -0.396 e. The van der Waals surface area contributed by atoms with E-state index in [4.69, 9.17) is 9.84 Å². The third-order valence-electron chi connectivity index (χ3n) is 1.25. The number of hydrogen-bond donors (Lipinski definition) is 2. The van der Waals surface area contributed by atoms with Crippen molar-refractivity contribution in [2.24, 2.45) is 0 Å². The Morgan fingerprint density at radius 1 is 1.36 bits per heavy atom. The summed E-state index contributed by atoms with van der Waals surface area (Å²) in [5, 5.41) is 11.7. The van der Waals surface area contributed by atoms with Crippen LogP contribution in [0.5, 0.6) is 0 Å². The molecule has 0 bridgehead atoms. The first-order valence-electron chi connectivity index (χ1n) is 4.19. The molecule has 0 atom stereocenters. The Labute approximate surface area is 68.8 Å². The maximum atomic E-state index is 8.42. The molecule has 0 aromatic rings. The Bertz CT molecular complexity index is 76.5. The van der Waals surface area contributed by atoms with Gasteiger partial charge in [-0.25, -0.2) is 0 Å². The molecular weight excluding hydrogens is 142 g/mol. The van der Waals surface area contributed by atoms with Gasteiger partial charge >= 0.3 is 0 Å².